The summed E-state index contributed by atoms with van der Waals surface area (Å²) in [7, 11) is 0. The highest BCUT2D eigenvalue weighted by Crippen LogP contribution is 2.30. The summed E-state index contributed by atoms with van der Waals surface area (Å²) in [5.41, 5.74) is 4.39. The Labute approximate surface area is 179 Å². The van der Waals surface area contributed by atoms with E-state index >= 15 is 0 Å². The van der Waals surface area contributed by atoms with Crippen LogP contribution < -0.4 is 4.90 Å². The minimum atomic E-state index is -0.962. The molecule has 8 heteroatoms. The third-order valence-corrected chi connectivity index (χ3v) is 5.69. The summed E-state index contributed by atoms with van der Waals surface area (Å²) < 4.78 is 1.69. The molecule has 1 N–H and O–H groups in total. The molecule has 3 aromatic rings. The van der Waals surface area contributed by atoms with Gasteiger partial charge in [0.2, 0.25) is 5.91 Å². The number of hydrogen-bond acceptors (Lipinski definition) is 5. The van der Waals surface area contributed by atoms with E-state index in [1.54, 1.807) is 40.0 Å². The van der Waals surface area contributed by atoms with E-state index in [-0.39, 0.29) is 5.91 Å². The number of aliphatic hydroxyl groups is 1. The lowest BCUT2D eigenvalue weighted by molar-refractivity contribution is -0.117. The summed E-state index contributed by atoms with van der Waals surface area (Å²) >= 11 is 6.16. The first kappa shape index (κ1) is 20.1. The van der Waals surface area contributed by atoms with Crippen LogP contribution in [-0.2, 0) is 4.79 Å². The van der Waals surface area contributed by atoms with Crippen LogP contribution in [-0.4, -0.2) is 32.3 Å². The Hall–Kier alpha value is -3.21. The first-order chi connectivity index (χ1) is 14.4. The summed E-state index contributed by atoms with van der Waals surface area (Å²) in [6.07, 6.45) is 2.06. The maximum Gasteiger partial charge on any atom is 0.227 e. The second-order valence-corrected chi connectivity index (χ2v) is 7.67. The highest BCUT2D eigenvalue weighted by atomic mass is 35.5. The van der Waals surface area contributed by atoms with Gasteiger partial charge in [0.15, 0.2) is 0 Å². The van der Waals surface area contributed by atoms with Gasteiger partial charge in [-0.2, -0.15) is 10.4 Å². The van der Waals surface area contributed by atoms with Crippen LogP contribution >= 0.6 is 11.6 Å². The fourth-order valence-corrected chi connectivity index (χ4v) is 4.03. The lowest BCUT2D eigenvalue weighted by Crippen LogP contribution is -2.23. The molecule has 4 rings (SSSR count). The van der Waals surface area contributed by atoms with Crippen molar-refractivity contribution in [3.05, 3.63) is 69.8 Å². The Kier molecular flexibility index (Phi) is 5.29. The molecule has 0 radical (unpaired) electrons. The van der Waals surface area contributed by atoms with Gasteiger partial charge in [0, 0.05) is 24.2 Å². The fourth-order valence-electron chi connectivity index (χ4n) is 3.82. The van der Waals surface area contributed by atoms with E-state index in [0.717, 1.165) is 17.8 Å². The minimum absolute atomic E-state index is 0.0964. The molecular weight excluding hydrogens is 402 g/mol. The van der Waals surface area contributed by atoms with Crippen molar-refractivity contribution in [2.75, 3.05) is 11.4 Å². The zero-order valence-electron chi connectivity index (χ0n) is 16.6. The third kappa shape index (κ3) is 3.45. The van der Waals surface area contributed by atoms with Crippen LogP contribution in [0.15, 0.2) is 36.5 Å². The van der Waals surface area contributed by atoms with Gasteiger partial charge in [-0.25, -0.2) is 4.68 Å². The second-order valence-electron chi connectivity index (χ2n) is 7.26. The first-order valence-electron chi connectivity index (χ1n) is 9.61. The van der Waals surface area contributed by atoms with Crippen molar-refractivity contribution in [2.45, 2.75) is 32.8 Å². The Bertz CT molecular complexity index is 1160. The molecule has 152 valence electrons. The standard InChI is InChI=1S/C22H20ClN5O2/c1-13-21(14(2)28(26-13)16-6-5-15(11-24)18(23)10-16)22(30)19-8-7-17(12-25-19)27-9-3-4-20(27)29/h5-8,10,12,22,30H,3-4,9H2,1-2H3. The molecule has 0 saturated carbocycles. The van der Waals surface area contributed by atoms with Gasteiger partial charge in [-0.05, 0) is 50.6 Å². The van der Waals surface area contributed by atoms with E-state index in [1.165, 1.54) is 0 Å². The van der Waals surface area contributed by atoms with Crippen molar-refractivity contribution < 1.29 is 9.90 Å². The van der Waals surface area contributed by atoms with Crippen molar-refractivity contribution in [1.82, 2.24) is 14.8 Å². The van der Waals surface area contributed by atoms with Crippen LogP contribution in [0.25, 0.3) is 5.69 Å². The van der Waals surface area contributed by atoms with E-state index in [1.807, 2.05) is 26.0 Å². The molecule has 1 aliphatic rings. The number of benzene rings is 1. The Morgan fingerprint density at radius 1 is 1.23 bits per heavy atom. The van der Waals surface area contributed by atoms with Gasteiger partial charge in [0.1, 0.15) is 12.2 Å². The quantitative estimate of drug-likeness (QED) is 0.694. The van der Waals surface area contributed by atoms with Crippen molar-refractivity contribution in [3.63, 3.8) is 0 Å². The molecule has 2 aromatic heterocycles. The number of aliphatic hydroxyl groups excluding tert-OH is 1. The number of anilines is 1. The van der Waals surface area contributed by atoms with Gasteiger partial charge in [0.05, 0.1) is 39.5 Å². The highest BCUT2D eigenvalue weighted by molar-refractivity contribution is 6.31. The average Bonchev–Trinajstić information content (AvgIpc) is 3.30. The first-order valence-corrected chi connectivity index (χ1v) is 9.99. The average molecular weight is 422 g/mol. The molecule has 1 amide bonds. The van der Waals surface area contributed by atoms with Gasteiger partial charge in [-0.15, -0.1) is 0 Å². The lowest BCUT2D eigenvalue weighted by Gasteiger charge is -2.17. The number of nitrogens with zero attached hydrogens (tertiary/aromatic N) is 5. The number of aryl methyl sites for hydroxylation is 1. The number of halogens is 1. The fraction of sp³-hybridized carbons (Fsp3) is 0.273. The number of carbonyl (C=O) groups excluding carboxylic acids is 1. The number of nitriles is 1. The number of carbonyl (C=O) groups is 1. The summed E-state index contributed by atoms with van der Waals surface area (Å²) in [6, 6.07) is 10.7. The summed E-state index contributed by atoms with van der Waals surface area (Å²) in [5, 5.41) is 25.0. The topological polar surface area (TPSA) is 95.0 Å². The predicted molar refractivity (Wildman–Crippen MR) is 113 cm³/mol. The number of aromatic nitrogens is 3. The van der Waals surface area contributed by atoms with Gasteiger partial charge in [0.25, 0.3) is 0 Å². The molecule has 1 aromatic carbocycles. The minimum Gasteiger partial charge on any atom is -0.382 e. The number of rotatable bonds is 4. The maximum atomic E-state index is 11.9. The molecule has 1 aliphatic heterocycles. The zero-order valence-corrected chi connectivity index (χ0v) is 17.4. The smallest absolute Gasteiger partial charge is 0.227 e. The van der Waals surface area contributed by atoms with Crippen molar-refractivity contribution in [3.8, 4) is 11.8 Å². The van der Waals surface area contributed by atoms with Crippen LogP contribution in [0.2, 0.25) is 5.02 Å². The normalized spacial score (nSPS) is 14.8. The molecule has 0 aliphatic carbocycles. The van der Waals surface area contributed by atoms with Gasteiger partial charge in [-0.1, -0.05) is 11.6 Å². The van der Waals surface area contributed by atoms with Crippen LogP contribution in [0.4, 0.5) is 5.69 Å². The summed E-state index contributed by atoms with van der Waals surface area (Å²) in [6.45, 7) is 4.38. The SMILES string of the molecule is Cc1nn(-c2ccc(C#N)c(Cl)c2)c(C)c1C(O)c1ccc(N2CCCC2=O)cn1. The largest absolute Gasteiger partial charge is 0.382 e. The van der Waals surface area contributed by atoms with E-state index in [9.17, 15) is 9.90 Å². The molecule has 1 unspecified atom stereocenters. The van der Waals surface area contributed by atoms with E-state index in [2.05, 4.69) is 10.1 Å². The predicted octanol–water partition coefficient (Wildman–Crippen LogP) is 3.62. The molecular formula is C22H20ClN5O2. The number of pyridine rings is 1. The van der Waals surface area contributed by atoms with E-state index in [4.69, 9.17) is 16.9 Å². The Balaban J connectivity index is 1.65. The number of hydrogen-bond donors (Lipinski definition) is 1. The monoisotopic (exact) mass is 421 g/mol. The molecule has 0 bridgehead atoms. The van der Waals surface area contributed by atoms with Crippen molar-refractivity contribution in [1.29, 1.82) is 5.26 Å². The van der Waals surface area contributed by atoms with Crippen LogP contribution in [0, 0.1) is 25.2 Å². The molecule has 30 heavy (non-hydrogen) atoms. The van der Waals surface area contributed by atoms with E-state index in [0.29, 0.717) is 46.2 Å². The van der Waals surface area contributed by atoms with Gasteiger partial charge >= 0.3 is 0 Å². The van der Waals surface area contributed by atoms with Crippen LogP contribution in [0.5, 0.6) is 0 Å². The van der Waals surface area contributed by atoms with Crippen LogP contribution in [0.3, 0.4) is 0 Å². The molecule has 0 spiro atoms. The Morgan fingerprint density at radius 2 is 2.00 bits per heavy atom. The molecule has 1 atom stereocenters. The van der Waals surface area contributed by atoms with Gasteiger partial charge < -0.3 is 10.0 Å². The second kappa shape index (κ2) is 7.90. The third-order valence-electron chi connectivity index (χ3n) is 5.37. The summed E-state index contributed by atoms with van der Waals surface area (Å²) in [4.78, 5) is 18.0. The Morgan fingerprint density at radius 3 is 2.60 bits per heavy atom. The zero-order chi connectivity index (χ0) is 21.4. The van der Waals surface area contributed by atoms with Crippen LogP contribution in [0.1, 0.15) is 47.2 Å². The van der Waals surface area contributed by atoms with Crippen molar-refractivity contribution >= 4 is 23.2 Å². The van der Waals surface area contributed by atoms with Crippen molar-refractivity contribution in [2.24, 2.45) is 0 Å². The molecule has 3 heterocycles. The van der Waals surface area contributed by atoms with Gasteiger partial charge in [-0.3, -0.25) is 9.78 Å². The van der Waals surface area contributed by atoms with E-state index < -0.39 is 6.10 Å². The lowest BCUT2D eigenvalue weighted by atomic mass is 10.0. The molecule has 7 nitrogen and oxygen atoms in total. The maximum absolute atomic E-state index is 11.9. The molecule has 1 fully saturated rings. The highest BCUT2D eigenvalue weighted by Gasteiger charge is 2.25. The number of amides is 1. The summed E-state index contributed by atoms with van der Waals surface area (Å²) in [5.74, 6) is 0.0964. The molecule has 1 saturated heterocycles.